The number of aromatic nitrogens is 3. The van der Waals surface area contributed by atoms with Gasteiger partial charge in [-0.25, -0.2) is 4.68 Å². The second kappa shape index (κ2) is 5.01. The Labute approximate surface area is 115 Å². The molecule has 3 rings (SSSR count). The normalized spacial score (nSPS) is 14.6. The van der Waals surface area contributed by atoms with Crippen LogP contribution in [0.25, 0.3) is 5.69 Å². The molecule has 0 spiro atoms. The number of carbonyl (C=O) groups is 1. The zero-order valence-electron chi connectivity index (χ0n) is 10.3. The van der Waals surface area contributed by atoms with E-state index >= 15 is 0 Å². The van der Waals surface area contributed by atoms with Gasteiger partial charge in [0.15, 0.2) is 0 Å². The number of amides is 1. The molecule has 0 atom stereocenters. The summed E-state index contributed by atoms with van der Waals surface area (Å²) in [6, 6.07) is 3.75. The highest BCUT2D eigenvalue weighted by Gasteiger charge is 2.27. The standard InChI is InChI=1S/C13H13ClN4O/c14-4-7-17-6-3-12-11(13(17)19)9-18(16-12)10-2-1-5-15-8-10/h1-2,5,8-9H,3-4,6-7H2. The lowest BCUT2D eigenvalue weighted by Crippen LogP contribution is -2.38. The molecule has 3 heterocycles. The number of pyridine rings is 1. The zero-order valence-corrected chi connectivity index (χ0v) is 11.0. The van der Waals surface area contributed by atoms with Crippen LogP contribution in [0.5, 0.6) is 0 Å². The topological polar surface area (TPSA) is 51.0 Å². The van der Waals surface area contributed by atoms with Crippen molar-refractivity contribution in [3.05, 3.63) is 42.0 Å². The Hall–Kier alpha value is -1.88. The third kappa shape index (κ3) is 2.21. The summed E-state index contributed by atoms with van der Waals surface area (Å²) in [5.41, 5.74) is 2.37. The monoisotopic (exact) mass is 276 g/mol. The van der Waals surface area contributed by atoms with Gasteiger partial charge in [0.1, 0.15) is 0 Å². The minimum absolute atomic E-state index is 0.0111. The lowest BCUT2D eigenvalue weighted by atomic mass is 10.1. The van der Waals surface area contributed by atoms with Gasteiger partial charge >= 0.3 is 0 Å². The van der Waals surface area contributed by atoms with Crippen molar-refractivity contribution in [2.75, 3.05) is 19.0 Å². The van der Waals surface area contributed by atoms with E-state index in [4.69, 9.17) is 11.6 Å². The third-order valence-electron chi connectivity index (χ3n) is 3.19. The van der Waals surface area contributed by atoms with Crippen LogP contribution in [0.3, 0.4) is 0 Å². The number of hydrogen-bond donors (Lipinski definition) is 0. The molecule has 0 bridgehead atoms. The van der Waals surface area contributed by atoms with E-state index in [0.29, 0.717) is 24.5 Å². The maximum Gasteiger partial charge on any atom is 0.257 e. The Morgan fingerprint density at radius 3 is 3.05 bits per heavy atom. The second-order valence-electron chi connectivity index (χ2n) is 4.38. The van der Waals surface area contributed by atoms with Crippen LogP contribution in [0, 0.1) is 0 Å². The Balaban J connectivity index is 1.94. The minimum Gasteiger partial charge on any atom is -0.337 e. The number of halogens is 1. The number of rotatable bonds is 3. The Kier molecular flexibility index (Phi) is 3.21. The van der Waals surface area contributed by atoms with Crippen molar-refractivity contribution in [3.8, 4) is 5.69 Å². The summed E-state index contributed by atoms with van der Waals surface area (Å²) >= 11 is 5.71. The Bertz CT molecular complexity index is 596. The highest BCUT2D eigenvalue weighted by Crippen LogP contribution is 2.19. The maximum absolute atomic E-state index is 12.2. The molecule has 1 aliphatic heterocycles. The number of carbonyl (C=O) groups excluding carboxylic acids is 1. The zero-order chi connectivity index (χ0) is 13.2. The van der Waals surface area contributed by atoms with Crippen molar-refractivity contribution in [1.82, 2.24) is 19.7 Å². The summed E-state index contributed by atoms with van der Waals surface area (Å²) in [7, 11) is 0. The van der Waals surface area contributed by atoms with Gasteiger partial charge < -0.3 is 4.90 Å². The van der Waals surface area contributed by atoms with Crippen molar-refractivity contribution in [3.63, 3.8) is 0 Å². The van der Waals surface area contributed by atoms with E-state index in [1.807, 2.05) is 12.1 Å². The molecule has 1 aliphatic rings. The lowest BCUT2D eigenvalue weighted by Gasteiger charge is -2.24. The third-order valence-corrected chi connectivity index (χ3v) is 3.36. The first-order valence-corrected chi connectivity index (χ1v) is 6.67. The summed E-state index contributed by atoms with van der Waals surface area (Å²) in [5.74, 6) is 0.467. The molecule has 0 fully saturated rings. The van der Waals surface area contributed by atoms with E-state index in [2.05, 4.69) is 10.1 Å². The van der Waals surface area contributed by atoms with Crippen molar-refractivity contribution < 1.29 is 4.79 Å². The summed E-state index contributed by atoms with van der Waals surface area (Å²) in [6.07, 6.45) is 5.97. The van der Waals surface area contributed by atoms with Gasteiger partial charge in [-0.2, -0.15) is 5.10 Å². The van der Waals surface area contributed by atoms with Crippen molar-refractivity contribution >= 4 is 17.5 Å². The first kappa shape index (κ1) is 12.2. The van der Waals surface area contributed by atoms with Gasteiger partial charge in [0.25, 0.3) is 5.91 Å². The van der Waals surface area contributed by atoms with E-state index in [1.165, 1.54) is 0 Å². The molecule has 0 radical (unpaired) electrons. The quantitative estimate of drug-likeness (QED) is 0.799. The predicted octanol–water partition coefficient (Wildman–Crippen LogP) is 1.50. The van der Waals surface area contributed by atoms with E-state index in [9.17, 15) is 4.79 Å². The van der Waals surface area contributed by atoms with Gasteiger partial charge in [-0.3, -0.25) is 9.78 Å². The fourth-order valence-electron chi connectivity index (χ4n) is 2.22. The molecule has 0 aromatic carbocycles. The molecule has 0 saturated carbocycles. The average molecular weight is 277 g/mol. The van der Waals surface area contributed by atoms with Gasteiger partial charge in [0, 0.05) is 37.8 Å². The lowest BCUT2D eigenvalue weighted by molar-refractivity contribution is 0.0750. The van der Waals surface area contributed by atoms with Gasteiger partial charge in [-0.05, 0) is 12.1 Å². The molecule has 19 heavy (non-hydrogen) atoms. The van der Waals surface area contributed by atoms with Crippen LogP contribution in [0.15, 0.2) is 30.7 Å². The smallest absolute Gasteiger partial charge is 0.257 e. The molecule has 6 heteroatoms. The van der Waals surface area contributed by atoms with Crippen molar-refractivity contribution in [2.24, 2.45) is 0 Å². The first-order chi connectivity index (χ1) is 9.29. The molecule has 98 valence electrons. The second-order valence-corrected chi connectivity index (χ2v) is 4.75. The largest absolute Gasteiger partial charge is 0.337 e. The summed E-state index contributed by atoms with van der Waals surface area (Å²) < 4.78 is 1.71. The highest BCUT2D eigenvalue weighted by atomic mass is 35.5. The molecule has 2 aromatic heterocycles. The van der Waals surface area contributed by atoms with Crippen molar-refractivity contribution in [2.45, 2.75) is 6.42 Å². The van der Waals surface area contributed by atoms with Crippen LogP contribution in [-0.2, 0) is 6.42 Å². The number of fused-ring (bicyclic) bond motifs is 1. The SMILES string of the molecule is O=C1c2cn(-c3cccnc3)nc2CCN1CCCl. The van der Waals surface area contributed by atoms with E-state index in [-0.39, 0.29) is 5.91 Å². The fraction of sp³-hybridized carbons (Fsp3) is 0.308. The van der Waals surface area contributed by atoms with Crippen LogP contribution >= 0.6 is 11.6 Å². The maximum atomic E-state index is 12.2. The van der Waals surface area contributed by atoms with Gasteiger partial charge in [-0.1, -0.05) is 0 Å². The van der Waals surface area contributed by atoms with Gasteiger partial charge in [0.2, 0.25) is 0 Å². The summed E-state index contributed by atoms with van der Waals surface area (Å²) in [5, 5.41) is 4.46. The predicted molar refractivity (Wildman–Crippen MR) is 71.7 cm³/mol. The molecule has 1 amide bonds. The molecule has 0 unspecified atom stereocenters. The molecule has 0 N–H and O–H groups in total. The number of alkyl halides is 1. The van der Waals surface area contributed by atoms with Crippen LogP contribution in [0.2, 0.25) is 0 Å². The van der Waals surface area contributed by atoms with Crippen molar-refractivity contribution in [1.29, 1.82) is 0 Å². The summed E-state index contributed by atoms with van der Waals surface area (Å²) in [4.78, 5) is 18.1. The Morgan fingerprint density at radius 2 is 2.32 bits per heavy atom. The molecule has 5 nitrogen and oxygen atoms in total. The Morgan fingerprint density at radius 1 is 1.42 bits per heavy atom. The first-order valence-electron chi connectivity index (χ1n) is 6.14. The molecular weight excluding hydrogens is 264 g/mol. The minimum atomic E-state index is 0.0111. The average Bonchev–Trinajstić information content (AvgIpc) is 2.88. The summed E-state index contributed by atoms with van der Waals surface area (Å²) in [6.45, 7) is 1.26. The molecular formula is C13H13ClN4O. The fourth-order valence-corrected chi connectivity index (χ4v) is 2.43. The van der Waals surface area contributed by atoms with Gasteiger partial charge in [-0.15, -0.1) is 11.6 Å². The van der Waals surface area contributed by atoms with Gasteiger partial charge in [0.05, 0.1) is 23.1 Å². The van der Waals surface area contributed by atoms with E-state index in [0.717, 1.165) is 17.8 Å². The van der Waals surface area contributed by atoms with Crippen LogP contribution in [0.1, 0.15) is 16.1 Å². The number of nitrogens with zero attached hydrogens (tertiary/aromatic N) is 4. The molecule has 0 aliphatic carbocycles. The molecule has 0 saturated heterocycles. The highest BCUT2D eigenvalue weighted by molar-refractivity contribution is 6.18. The van der Waals surface area contributed by atoms with Crippen LogP contribution in [0.4, 0.5) is 0 Å². The van der Waals surface area contributed by atoms with Crippen LogP contribution < -0.4 is 0 Å². The van der Waals surface area contributed by atoms with E-state index in [1.54, 1.807) is 28.2 Å². The molecule has 2 aromatic rings. The van der Waals surface area contributed by atoms with E-state index < -0.39 is 0 Å². The van der Waals surface area contributed by atoms with Crippen LogP contribution in [-0.4, -0.2) is 44.5 Å². The number of hydrogen-bond acceptors (Lipinski definition) is 3.